The van der Waals surface area contributed by atoms with Crippen molar-refractivity contribution in [2.24, 2.45) is 5.92 Å². The van der Waals surface area contributed by atoms with E-state index < -0.39 is 0 Å². The Bertz CT molecular complexity index is 461. The second kappa shape index (κ2) is 7.11. The molecule has 0 aliphatic heterocycles. The molecule has 1 aromatic rings. The maximum atomic E-state index is 13.3. The molecular weight excluding hydrogens is 285 g/mol. The van der Waals surface area contributed by atoms with E-state index in [4.69, 9.17) is 11.6 Å². The molecule has 0 aromatic heterocycles. The molecule has 1 aliphatic rings. The van der Waals surface area contributed by atoms with Crippen LogP contribution in [-0.2, 0) is 0 Å². The summed E-state index contributed by atoms with van der Waals surface area (Å²) in [6.07, 6.45) is 6.45. The summed E-state index contributed by atoms with van der Waals surface area (Å²) in [5, 5.41) is 4.18. The Labute approximate surface area is 133 Å². The van der Waals surface area contributed by atoms with Gasteiger partial charge in [-0.2, -0.15) is 0 Å². The molecule has 0 heterocycles. The van der Waals surface area contributed by atoms with Crippen molar-refractivity contribution in [1.82, 2.24) is 5.32 Å². The van der Waals surface area contributed by atoms with E-state index in [9.17, 15) is 4.39 Å². The molecular formula is C18H27ClFN. The predicted octanol–water partition coefficient (Wildman–Crippen LogP) is 5.53. The quantitative estimate of drug-likeness (QED) is 0.770. The van der Waals surface area contributed by atoms with Crippen LogP contribution in [-0.4, -0.2) is 12.1 Å². The van der Waals surface area contributed by atoms with E-state index in [1.807, 2.05) is 6.07 Å². The molecule has 1 aromatic carbocycles. The van der Waals surface area contributed by atoms with Gasteiger partial charge in [0, 0.05) is 23.0 Å². The highest BCUT2D eigenvalue weighted by Crippen LogP contribution is 2.38. The van der Waals surface area contributed by atoms with Gasteiger partial charge in [-0.1, -0.05) is 36.9 Å². The molecule has 0 radical (unpaired) electrons. The van der Waals surface area contributed by atoms with Crippen LogP contribution in [0, 0.1) is 11.7 Å². The Morgan fingerprint density at radius 2 is 1.90 bits per heavy atom. The van der Waals surface area contributed by atoms with Crippen molar-refractivity contribution >= 4 is 11.6 Å². The van der Waals surface area contributed by atoms with Crippen molar-refractivity contribution in [1.29, 1.82) is 0 Å². The minimum Gasteiger partial charge on any atom is -0.311 e. The van der Waals surface area contributed by atoms with Crippen molar-refractivity contribution in [3.8, 4) is 0 Å². The number of benzene rings is 1. The van der Waals surface area contributed by atoms with Crippen molar-refractivity contribution < 1.29 is 4.39 Å². The van der Waals surface area contributed by atoms with E-state index in [-0.39, 0.29) is 11.4 Å². The first-order valence-electron chi connectivity index (χ1n) is 8.07. The normalized spacial score (nSPS) is 18.7. The van der Waals surface area contributed by atoms with E-state index in [1.54, 1.807) is 0 Å². The summed E-state index contributed by atoms with van der Waals surface area (Å²) in [6.45, 7) is 7.44. The van der Waals surface area contributed by atoms with Gasteiger partial charge in [0.1, 0.15) is 5.82 Å². The first-order valence-corrected chi connectivity index (χ1v) is 8.44. The van der Waals surface area contributed by atoms with E-state index in [0.717, 1.165) is 12.1 Å². The lowest BCUT2D eigenvalue weighted by molar-refractivity contribution is 0.279. The molecule has 21 heavy (non-hydrogen) atoms. The first-order chi connectivity index (χ1) is 9.87. The van der Waals surface area contributed by atoms with Crippen molar-refractivity contribution in [3.63, 3.8) is 0 Å². The highest BCUT2D eigenvalue weighted by molar-refractivity contribution is 6.31. The standard InChI is InChI=1S/C18H27ClFN/c1-18(2,3)21-12-16(13-7-5-4-6-8-13)15-10-9-14(20)11-17(15)19/h9-11,13,16,21H,4-8,12H2,1-3H3. The van der Waals surface area contributed by atoms with Crippen LogP contribution in [0.4, 0.5) is 4.39 Å². The Hall–Kier alpha value is -0.600. The SMILES string of the molecule is CC(C)(C)NCC(c1ccc(F)cc1Cl)C1CCCCC1. The fraction of sp³-hybridized carbons (Fsp3) is 0.667. The Morgan fingerprint density at radius 1 is 1.24 bits per heavy atom. The number of nitrogens with one attached hydrogen (secondary N) is 1. The molecule has 118 valence electrons. The minimum atomic E-state index is -0.255. The third-order valence-corrected chi connectivity index (χ3v) is 4.76. The van der Waals surface area contributed by atoms with Crippen molar-refractivity contribution in [2.75, 3.05) is 6.54 Å². The fourth-order valence-corrected chi connectivity index (χ4v) is 3.59. The van der Waals surface area contributed by atoms with E-state index >= 15 is 0 Å². The molecule has 1 N–H and O–H groups in total. The summed E-state index contributed by atoms with van der Waals surface area (Å²) in [4.78, 5) is 0. The lowest BCUT2D eigenvalue weighted by Crippen LogP contribution is -2.40. The zero-order valence-corrected chi connectivity index (χ0v) is 14.1. The first kappa shape index (κ1) is 16.8. The van der Waals surface area contributed by atoms with Crippen LogP contribution in [0.15, 0.2) is 18.2 Å². The predicted molar refractivity (Wildman–Crippen MR) is 88.5 cm³/mol. The van der Waals surface area contributed by atoms with Crippen molar-refractivity contribution in [2.45, 2.75) is 64.3 Å². The average Bonchev–Trinajstić information content (AvgIpc) is 2.41. The van der Waals surface area contributed by atoms with Crippen LogP contribution in [0.5, 0.6) is 0 Å². The summed E-state index contributed by atoms with van der Waals surface area (Å²) in [6, 6.07) is 4.86. The molecule has 1 nitrogen and oxygen atoms in total. The van der Waals surface area contributed by atoms with Gasteiger partial charge in [0.05, 0.1) is 0 Å². The van der Waals surface area contributed by atoms with Crippen LogP contribution in [0.1, 0.15) is 64.4 Å². The number of hydrogen-bond donors (Lipinski definition) is 1. The van der Waals surface area contributed by atoms with Gasteiger partial charge in [-0.05, 0) is 57.2 Å². The van der Waals surface area contributed by atoms with Crippen LogP contribution in [0.3, 0.4) is 0 Å². The van der Waals surface area contributed by atoms with Gasteiger partial charge in [-0.15, -0.1) is 0 Å². The Morgan fingerprint density at radius 3 is 2.48 bits per heavy atom. The van der Waals surface area contributed by atoms with Gasteiger partial charge in [0.15, 0.2) is 0 Å². The molecule has 1 atom stereocenters. The zero-order chi connectivity index (χ0) is 15.5. The van der Waals surface area contributed by atoms with Crippen LogP contribution in [0.2, 0.25) is 5.02 Å². The van der Waals surface area contributed by atoms with E-state index in [2.05, 4.69) is 26.1 Å². The third kappa shape index (κ3) is 4.96. The average molecular weight is 312 g/mol. The largest absolute Gasteiger partial charge is 0.311 e. The van der Waals surface area contributed by atoms with Crippen molar-refractivity contribution in [3.05, 3.63) is 34.6 Å². The van der Waals surface area contributed by atoms with Crippen LogP contribution < -0.4 is 5.32 Å². The molecule has 2 rings (SSSR count). The smallest absolute Gasteiger partial charge is 0.124 e. The van der Waals surface area contributed by atoms with Crippen LogP contribution in [0.25, 0.3) is 0 Å². The molecule has 1 unspecified atom stereocenters. The number of halogens is 2. The number of hydrogen-bond acceptors (Lipinski definition) is 1. The summed E-state index contributed by atoms with van der Waals surface area (Å²) in [7, 11) is 0. The Kier molecular flexibility index (Phi) is 5.67. The lowest BCUT2D eigenvalue weighted by atomic mass is 9.76. The monoisotopic (exact) mass is 311 g/mol. The summed E-state index contributed by atoms with van der Waals surface area (Å²) < 4.78 is 13.3. The summed E-state index contributed by atoms with van der Waals surface area (Å²) >= 11 is 6.33. The number of rotatable bonds is 4. The second-order valence-electron chi connectivity index (χ2n) is 7.30. The van der Waals surface area contributed by atoms with Gasteiger partial charge in [-0.3, -0.25) is 0 Å². The maximum Gasteiger partial charge on any atom is 0.124 e. The van der Waals surface area contributed by atoms with Gasteiger partial charge in [0.2, 0.25) is 0 Å². The Balaban J connectivity index is 2.21. The van der Waals surface area contributed by atoms with Gasteiger partial charge < -0.3 is 5.32 Å². The molecule has 3 heteroatoms. The maximum absolute atomic E-state index is 13.3. The lowest BCUT2D eigenvalue weighted by Gasteiger charge is -2.34. The second-order valence-corrected chi connectivity index (χ2v) is 7.71. The third-order valence-electron chi connectivity index (χ3n) is 4.43. The molecule has 1 aliphatic carbocycles. The minimum absolute atomic E-state index is 0.0828. The van der Waals surface area contributed by atoms with E-state index in [0.29, 0.717) is 16.9 Å². The molecule has 1 fully saturated rings. The highest BCUT2D eigenvalue weighted by Gasteiger charge is 2.27. The molecule has 0 bridgehead atoms. The molecule has 0 spiro atoms. The summed E-state index contributed by atoms with van der Waals surface area (Å²) in [5.74, 6) is 0.768. The topological polar surface area (TPSA) is 12.0 Å². The molecule has 0 amide bonds. The summed E-state index contributed by atoms with van der Waals surface area (Å²) in [5.41, 5.74) is 1.18. The molecule has 1 saturated carbocycles. The van der Waals surface area contributed by atoms with E-state index in [1.165, 1.54) is 44.2 Å². The zero-order valence-electron chi connectivity index (χ0n) is 13.4. The van der Waals surface area contributed by atoms with Gasteiger partial charge >= 0.3 is 0 Å². The highest BCUT2D eigenvalue weighted by atomic mass is 35.5. The molecule has 0 saturated heterocycles. The fourth-order valence-electron chi connectivity index (χ4n) is 3.29. The van der Waals surface area contributed by atoms with Crippen LogP contribution >= 0.6 is 11.6 Å². The van der Waals surface area contributed by atoms with Gasteiger partial charge in [-0.25, -0.2) is 4.39 Å². The van der Waals surface area contributed by atoms with Gasteiger partial charge in [0.25, 0.3) is 0 Å².